The van der Waals surface area contributed by atoms with E-state index in [4.69, 9.17) is 4.74 Å². The van der Waals surface area contributed by atoms with Crippen molar-refractivity contribution in [3.05, 3.63) is 12.7 Å². The first kappa shape index (κ1) is 27.2. The average molecular weight is 480 g/mol. The summed E-state index contributed by atoms with van der Waals surface area (Å²) in [4.78, 5) is 28.7. The highest BCUT2D eigenvalue weighted by Crippen LogP contribution is 2.66. The third kappa shape index (κ3) is 4.01. The number of nitrogens with zero attached hydrogens (tertiary/aromatic N) is 1. The number of aliphatic hydroxyl groups excluding tert-OH is 1. The topological polar surface area (TPSA) is 107 Å². The Kier molecular flexibility index (Phi) is 7.36. The standard InChI is InChI=1S/C27H45NO6/c1-8-17(2)15-21(30)27(33)18(3)16-20(29)22-24(5,6)12-13-26(32,25(22,27)7)34-23(31)28-14-10-9-11-19(28)4/h8,17-20,22,29,32-33H,1,9-16H2,2-7H3/t17-,18+,19?,20+,22+,25-,26+,27-/m1/s1. The highest BCUT2D eigenvalue weighted by molar-refractivity contribution is 5.89. The first-order valence-electron chi connectivity index (χ1n) is 12.9. The van der Waals surface area contributed by atoms with Crippen molar-refractivity contribution in [2.45, 2.75) is 110 Å². The third-order valence-corrected chi connectivity index (χ3v) is 9.50. The molecule has 0 spiro atoms. The van der Waals surface area contributed by atoms with Crippen LogP contribution in [-0.4, -0.2) is 62.2 Å². The van der Waals surface area contributed by atoms with E-state index in [0.29, 0.717) is 13.0 Å². The molecule has 0 radical (unpaired) electrons. The van der Waals surface area contributed by atoms with Crippen LogP contribution in [-0.2, 0) is 9.53 Å². The zero-order valence-electron chi connectivity index (χ0n) is 21.8. The quantitative estimate of drug-likeness (QED) is 0.406. The molecule has 8 atom stereocenters. The fourth-order valence-corrected chi connectivity index (χ4v) is 7.38. The summed E-state index contributed by atoms with van der Waals surface area (Å²) in [7, 11) is 0. The van der Waals surface area contributed by atoms with E-state index in [1.165, 1.54) is 0 Å². The molecule has 2 saturated carbocycles. The Labute approximate surface area is 204 Å². The molecule has 0 bridgehead atoms. The monoisotopic (exact) mass is 479 g/mol. The number of Topliss-reactive ketones (excluding diaryl/α,β-unsaturated/α-hetero) is 1. The summed E-state index contributed by atoms with van der Waals surface area (Å²) < 4.78 is 5.93. The van der Waals surface area contributed by atoms with Crippen molar-refractivity contribution in [2.75, 3.05) is 6.54 Å². The zero-order chi connectivity index (χ0) is 25.7. The van der Waals surface area contributed by atoms with Gasteiger partial charge < -0.3 is 25.0 Å². The predicted octanol–water partition coefficient (Wildman–Crippen LogP) is 4.04. The second-order valence-corrected chi connectivity index (χ2v) is 12.2. The van der Waals surface area contributed by atoms with E-state index in [0.717, 1.165) is 19.3 Å². The summed E-state index contributed by atoms with van der Waals surface area (Å²) in [5.74, 6) is -3.99. The Morgan fingerprint density at radius 2 is 1.82 bits per heavy atom. The lowest BCUT2D eigenvalue weighted by molar-refractivity contribution is -0.363. The Morgan fingerprint density at radius 1 is 1.18 bits per heavy atom. The summed E-state index contributed by atoms with van der Waals surface area (Å²) in [6.45, 7) is 15.5. The van der Waals surface area contributed by atoms with E-state index in [9.17, 15) is 24.9 Å². The maximum absolute atomic E-state index is 13.8. The molecule has 7 heteroatoms. The lowest BCUT2D eigenvalue weighted by Crippen LogP contribution is -2.78. The first-order chi connectivity index (χ1) is 15.7. The number of hydrogen-bond donors (Lipinski definition) is 3. The maximum atomic E-state index is 13.8. The Hall–Kier alpha value is -1.44. The molecular weight excluding hydrogens is 434 g/mol. The van der Waals surface area contributed by atoms with Crippen LogP contribution >= 0.6 is 0 Å². The minimum Gasteiger partial charge on any atom is -0.416 e. The van der Waals surface area contributed by atoms with Crippen molar-refractivity contribution in [3.8, 4) is 0 Å². The highest BCUT2D eigenvalue weighted by atomic mass is 16.7. The molecule has 3 aliphatic rings. The second kappa shape index (κ2) is 9.21. The lowest BCUT2D eigenvalue weighted by atomic mass is 9.41. The van der Waals surface area contributed by atoms with E-state index in [2.05, 4.69) is 6.58 Å². The van der Waals surface area contributed by atoms with Gasteiger partial charge in [0.2, 0.25) is 5.79 Å². The van der Waals surface area contributed by atoms with Gasteiger partial charge in [0.1, 0.15) is 5.60 Å². The Balaban J connectivity index is 2.11. The third-order valence-electron chi connectivity index (χ3n) is 9.50. The molecule has 194 valence electrons. The molecule has 34 heavy (non-hydrogen) atoms. The minimum absolute atomic E-state index is 0.0155. The molecule has 2 aliphatic carbocycles. The number of ether oxygens (including phenoxy) is 1. The van der Waals surface area contributed by atoms with E-state index in [-0.39, 0.29) is 31.2 Å². The summed E-state index contributed by atoms with van der Waals surface area (Å²) in [5, 5.41) is 35.7. The van der Waals surface area contributed by atoms with Crippen LogP contribution in [0, 0.1) is 28.6 Å². The van der Waals surface area contributed by atoms with Crippen LogP contribution in [0.4, 0.5) is 4.79 Å². The van der Waals surface area contributed by atoms with Gasteiger partial charge in [-0.25, -0.2) is 4.79 Å². The minimum atomic E-state index is -2.11. The van der Waals surface area contributed by atoms with E-state index >= 15 is 0 Å². The molecule has 1 unspecified atom stereocenters. The number of carbonyl (C=O) groups excluding carboxylic acids is 2. The van der Waals surface area contributed by atoms with Crippen molar-refractivity contribution in [1.82, 2.24) is 4.90 Å². The largest absolute Gasteiger partial charge is 0.416 e. The lowest BCUT2D eigenvalue weighted by Gasteiger charge is -2.67. The summed E-state index contributed by atoms with van der Waals surface area (Å²) >= 11 is 0. The molecule has 0 aromatic rings. The fourth-order valence-electron chi connectivity index (χ4n) is 7.38. The summed E-state index contributed by atoms with van der Waals surface area (Å²) in [5.41, 5.74) is -4.09. The van der Waals surface area contributed by atoms with Crippen LogP contribution in [0.2, 0.25) is 0 Å². The highest BCUT2D eigenvalue weighted by Gasteiger charge is 2.76. The number of hydrogen-bond acceptors (Lipinski definition) is 6. The maximum Gasteiger partial charge on any atom is 0.412 e. The molecule has 1 amide bonds. The number of fused-ring (bicyclic) bond motifs is 1. The van der Waals surface area contributed by atoms with Gasteiger partial charge >= 0.3 is 6.09 Å². The normalized spacial score (nSPS) is 42.9. The van der Waals surface area contributed by atoms with Gasteiger partial charge in [-0.05, 0) is 63.2 Å². The zero-order valence-corrected chi connectivity index (χ0v) is 21.8. The first-order valence-corrected chi connectivity index (χ1v) is 12.9. The smallest absolute Gasteiger partial charge is 0.412 e. The molecule has 1 aliphatic heterocycles. The number of rotatable bonds is 5. The molecule has 0 aromatic carbocycles. The fraction of sp³-hybridized carbons (Fsp3) is 0.852. The number of piperidine rings is 1. The van der Waals surface area contributed by atoms with Gasteiger partial charge in [0.15, 0.2) is 5.78 Å². The number of aliphatic hydroxyl groups is 3. The summed E-state index contributed by atoms with van der Waals surface area (Å²) in [6.07, 6.45) is 3.76. The summed E-state index contributed by atoms with van der Waals surface area (Å²) in [6, 6.07) is -0.0155. The molecule has 7 nitrogen and oxygen atoms in total. The number of ketones is 1. The van der Waals surface area contributed by atoms with E-state index in [1.54, 1.807) is 24.8 Å². The molecule has 1 saturated heterocycles. The SMILES string of the molecule is C=C[C@@H](C)CC(=O)[C@]1(O)[C@@H](C)C[C@H](O)[C@H]2C(C)(C)CC[C@](O)(OC(=O)N3CCCCC3C)[C@@]21C. The van der Waals surface area contributed by atoms with Gasteiger partial charge in [0.25, 0.3) is 0 Å². The second-order valence-electron chi connectivity index (χ2n) is 12.2. The predicted molar refractivity (Wildman–Crippen MR) is 130 cm³/mol. The van der Waals surface area contributed by atoms with Crippen LogP contribution in [0.15, 0.2) is 12.7 Å². The number of likely N-dealkylation sites (tertiary alicyclic amines) is 1. The molecule has 3 rings (SSSR count). The molecular formula is C27H45NO6. The van der Waals surface area contributed by atoms with Gasteiger partial charge in [0.05, 0.1) is 11.5 Å². The van der Waals surface area contributed by atoms with Crippen LogP contribution < -0.4 is 0 Å². The number of carbonyl (C=O) groups is 2. The van der Waals surface area contributed by atoms with Crippen LogP contribution in [0.25, 0.3) is 0 Å². The molecule has 3 N–H and O–H groups in total. The van der Waals surface area contributed by atoms with Crippen molar-refractivity contribution in [3.63, 3.8) is 0 Å². The van der Waals surface area contributed by atoms with Gasteiger partial charge in [-0.15, -0.1) is 6.58 Å². The van der Waals surface area contributed by atoms with Gasteiger partial charge in [-0.1, -0.05) is 33.8 Å². The van der Waals surface area contributed by atoms with Crippen molar-refractivity contribution < 1.29 is 29.6 Å². The Bertz CT molecular complexity index is 813. The number of allylic oxidation sites excluding steroid dienone is 1. The van der Waals surface area contributed by atoms with E-state index in [1.807, 2.05) is 27.7 Å². The number of amides is 1. The van der Waals surface area contributed by atoms with Crippen molar-refractivity contribution >= 4 is 11.9 Å². The van der Waals surface area contributed by atoms with Gasteiger partial charge in [0, 0.05) is 31.3 Å². The van der Waals surface area contributed by atoms with Crippen LogP contribution in [0.5, 0.6) is 0 Å². The van der Waals surface area contributed by atoms with Gasteiger partial charge in [-0.2, -0.15) is 0 Å². The van der Waals surface area contributed by atoms with Crippen molar-refractivity contribution in [1.29, 1.82) is 0 Å². The van der Waals surface area contributed by atoms with Crippen molar-refractivity contribution in [2.24, 2.45) is 28.6 Å². The molecule has 1 heterocycles. The van der Waals surface area contributed by atoms with Crippen LogP contribution in [0.1, 0.15) is 86.5 Å². The van der Waals surface area contributed by atoms with Crippen LogP contribution in [0.3, 0.4) is 0 Å². The average Bonchev–Trinajstić information content (AvgIpc) is 2.75. The van der Waals surface area contributed by atoms with Gasteiger partial charge in [-0.3, -0.25) is 4.79 Å². The molecule has 0 aromatic heterocycles. The molecule has 3 fully saturated rings. The van der Waals surface area contributed by atoms with E-state index < -0.39 is 52.0 Å². The Morgan fingerprint density at radius 3 is 2.41 bits per heavy atom.